The number of hydrogen-bond donors (Lipinski definition) is 1. The predicted octanol–water partition coefficient (Wildman–Crippen LogP) is 3.60. The third kappa shape index (κ3) is 1.73. The van der Waals surface area contributed by atoms with Gasteiger partial charge in [0.15, 0.2) is 5.58 Å². The Hall–Kier alpha value is -0.130. The molecule has 2 nitrogen and oxygen atoms in total. The summed E-state index contributed by atoms with van der Waals surface area (Å²) in [5, 5.41) is 0.397. The summed E-state index contributed by atoms with van der Waals surface area (Å²) >= 11 is 9.14. The quantitative estimate of drug-likeness (QED) is 0.636. The minimum absolute atomic E-state index is 0.397. The Kier molecular flexibility index (Phi) is 2.58. The lowest BCUT2D eigenvalue weighted by Gasteiger charge is -1.96. The smallest absolute Gasteiger partial charge is 0.253 e. The van der Waals surface area contributed by atoms with Crippen molar-refractivity contribution in [3.8, 4) is 0 Å². The maximum atomic E-state index is 5.30. The van der Waals surface area contributed by atoms with Crippen molar-refractivity contribution in [2.45, 2.75) is 10.1 Å². The van der Waals surface area contributed by atoms with Crippen LogP contribution in [-0.4, -0.2) is 11.2 Å². The second-order valence-corrected chi connectivity index (χ2v) is 4.57. The van der Waals surface area contributed by atoms with E-state index in [0.717, 1.165) is 20.5 Å². The zero-order valence-corrected chi connectivity index (χ0v) is 10.0. The number of oxazole rings is 1. The van der Waals surface area contributed by atoms with Crippen molar-refractivity contribution in [1.82, 2.24) is 4.98 Å². The van der Waals surface area contributed by atoms with Crippen LogP contribution >= 0.6 is 40.3 Å². The first kappa shape index (κ1) is 9.43. The SMILES string of the molecule is CSc1cc(Br)c2oc(S)nc2c1. The van der Waals surface area contributed by atoms with E-state index in [4.69, 9.17) is 4.42 Å². The van der Waals surface area contributed by atoms with Crippen LogP contribution in [0.3, 0.4) is 0 Å². The molecule has 0 saturated heterocycles. The molecule has 0 radical (unpaired) electrons. The highest BCUT2D eigenvalue weighted by atomic mass is 79.9. The number of benzene rings is 1. The third-order valence-corrected chi connectivity index (χ3v) is 3.13. The van der Waals surface area contributed by atoms with Crippen molar-refractivity contribution in [2.24, 2.45) is 0 Å². The van der Waals surface area contributed by atoms with Crippen LogP contribution in [0.1, 0.15) is 0 Å². The molecule has 1 aromatic heterocycles. The lowest BCUT2D eigenvalue weighted by atomic mass is 10.3. The van der Waals surface area contributed by atoms with Gasteiger partial charge in [-0.3, -0.25) is 0 Å². The maximum Gasteiger partial charge on any atom is 0.253 e. The molecular formula is C8H6BrNOS2. The molecule has 0 spiro atoms. The Morgan fingerprint density at radius 3 is 3.00 bits per heavy atom. The van der Waals surface area contributed by atoms with Gasteiger partial charge in [0.2, 0.25) is 0 Å². The maximum absolute atomic E-state index is 5.30. The van der Waals surface area contributed by atoms with E-state index in [1.54, 1.807) is 11.8 Å². The van der Waals surface area contributed by atoms with E-state index in [2.05, 4.69) is 33.5 Å². The number of thioether (sulfide) groups is 1. The second-order valence-electron chi connectivity index (χ2n) is 2.45. The highest BCUT2D eigenvalue weighted by Gasteiger charge is 2.07. The Balaban J connectivity index is 2.75. The number of fused-ring (bicyclic) bond motifs is 1. The average molecular weight is 276 g/mol. The number of hydrogen-bond acceptors (Lipinski definition) is 4. The van der Waals surface area contributed by atoms with Gasteiger partial charge in [-0.15, -0.1) is 11.8 Å². The fourth-order valence-corrected chi connectivity index (χ4v) is 2.42. The molecule has 5 heteroatoms. The van der Waals surface area contributed by atoms with Crippen LogP contribution in [0.25, 0.3) is 11.1 Å². The fourth-order valence-electron chi connectivity index (χ4n) is 1.07. The van der Waals surface area contributed by atoms with Crippen molar-refractivity contribution >= 4 is 51.4 Å². The van der Waals surface area contributed by atoms with Gasteiger partial charge in [0.1, 0.15) is 5.52 Å². The molecule has 1 heterocycles. The molecular weight excluding hydrogens is 270 g/mol. The molecule has 2 rings (SSSR count). The molecule has 0 amide bonds. The molecule has 0 aliphatic heterocycles. The molecule has 0 N–H and O–H groups in total. The summed E-state index contributed by atoms with van der Waals surface area (Å²) in [5.41, 5.74) is 1.59. The highest BCUT2D eigenvalue weighted by Crippen LogP contribution is 2.30. The van der Waals surface area contributed by atoms with Crippen LogP contribution in [0.5, 0.6) is 0 Å². The van der Waals surface area contributed by atoms with Crippen molar-refractivity contribution in [3.05, 3.63) is 16.6 Å². The zero-order valence-electron chi connectivity index (χ0n) is 6.74. The first-order valence-electron chi connectivity index (χ1n) is 3.54. The van der Waals surface area contributed by atoms with Crippen LogP contribution < -0.4 is 0 Å². The molecule has 0 fully saturated rings. The Morgan fingerprint density at radius 1 is 1.54 bits per heavy atom. The highest BCUT2D eigenvalue weighted by molar-refractivity contribution is 9.10. The van der Waals surface area contributed by atoms with Crippen LogP contribution in [0.15, 0.2) is 31.1 Å². The van der Waals surface area contributed by atoms with Gasteiger partial charge in [-0.05, 0) is 34.3 Å². The summed E-state index contributed by atoms with van der Waals surface area (Å²) in [4.78, 5) is 5.29. The fraction of sp³-hybridized carbons (Fsp3) is 0.125. The van der Waals surface area contributed by atoms with E-state index in [0.29, 0.717) is 5.22 Å². The number of aromatic nitrogens is 1. The molecule has 0 bridgehead atoms. The molecule has 0 atom stereocenters. The lowest BCUT2D eigenvalue weighted by Crippen LogP contribution is -1.73. The summed E-state index contributed by atoms with van der Waals surface area (Å²) < 4.78 is 6.21. The van der Waals surface area contributed by atoms with Gasteiger partial charge in [0.05, 0.1) is 4.47 Å². The number of thiol groups is 1. The summed E-state index contributed by atoms with van der Waals surface area (Å²) in [6, 6.07) is 3.99. The zero-order chi connectivity index (χ0) is 9.42. The first-order chi connectivity index (χ1) is 6.20. The van der Waals surface area contributed by atoms with Crippen molar-refractivity contribution in [3.63, 3.8) is 0 Å². The molecule has 0 aliphatic rings. The van der Waals surface area contributed by atoms with E-state index in [-0.39, 0.29) is 0 Å². The largest absolute Gasteiger partial charge is 0.430 e. The first-order valence-corrected chi connectivity index (χ1v) is 6.00. The predicted molar refractivity (Wildman–Crippen MR) is 60.7 cm³/mol. The number of halogens is 1. The monoisotopic (exact) mass is 275 g/mol. The van der Waals surface area contributed by atoms with Gasteiger partial charge in [-0.25, -0.2) is 4.98 Å². The van der Waals surface area contributed by atoms with Gasteiger partial charge in [-0.1, -0.05) is 12.6 Å². The van der Waals surface area contributed by atoms with E-state index in [9.17, 15) is 0 Å². The van der Waals surface area contributed by atoms with Crippen LogP contribution in [0, 0.1) is 0 Å². The summed E-state index contributed by atoms with van der Waals surface area (Å²) in [6.07, 6.45) is 2.02. The third-order valence-electron chi connectivity index (χ3n) is 1.64. The van der Waals surface area contributed by atoms with Gasteiger partial charge in [0, 0.05) is 4.90 Å². The standard InChI is InChI=1S/C8H6BrNOS2/c1-13-4-2-5(9)7-6(3-4)10-8(12)11-7/h2-3H,1H3,(H,10,12). The minimum atomic E-state index is 0.397. The van der Waals surface area contributed by atoms with Gasteiger partial charge in [0.25, 0.3) is 5.22 Å². The molecule has 68 valence electrons. The van der Waals surface area contributed by atoms with Gasteiger partial charge >= 0.3 is 0 Å². The normalized spacial score (nSPS) is 11.0. The summed E-state index contributed by atoms with van der Waals surface area (Å²) in [5.74, 6) is 0. The van der Waals surface area contributed by atoms with Crippen LogP contribution in [0.2, 0.25) is 0 Å². The number of nitrogens with zero attached hydrogens (tertiary/aromatic N) is 1. The van der Waals surface area contributed by atoms with Crippen LogP contribution in [0.4, 0.5) is 0 Å². The molecule has 13 heavy (non-hydrogen) atoms. The molecule has 0 aliphatic carbocycles. The van der Waals surface area contributed by atoms with E-state index >= 15 is 0 Å². The topological polar surface area (TPSA) is 26.0 Å². The Bertz CT molecular complexity index is 455. The Morgan fingerprint density at radius 2 is 2.31 bits per heavy atom. The second kappa shape index (κ2) is 3.55. The van der Waals surface area contributed by atoms with Crippen molar-refractivity contribution in [2.75, 3.05) is 6.26 Å². The molecule has 1 aromatic carbocycles. The minimum Gasteiger partial charge on any atom is -0.430 e. The summed E-state index contributed by atoms with van der Waals surface area (Å²) in [7, 11) is 0. The van der Waals surface area contributed by atoms with Crippen LogP contribution in [-0.2, 0) is 0 Å². The average Bonchev–Trinajstić information content (AvgIpc) is 2.46. The molecule has 2 aromatic rings. The van der Waals surface area contributed by atoms with Crippen molar-refractivity contribution < 1.29 is 4.42 Å². The molecule has 0 saturated carbocycles. The van der Waals surface area contributed by atoms with Gasteiger partial charge < -0.3 is 4.42 Å². The number of rotatable bonds is 1. The lowest BCUT2D eigenvalue weighted by molar-refractivity contribution is 0.490. The Labute approximate surface area is 93.6 Å². The van der Waals surface area contributed by atoms with E-state index < -0.39 is 0 Å². The summed E-state index contributed by atoms with van der Waals surface area (Å²) in [6.45, 7) is 0. The van der Waals surface area contributed by atoms with E-state index in [1.165, 1.54) is 0 Å². The van der Waals surface area contributed by atoms with Crippen molar-refractivity contribution in [1.29, 1.82) is 0 Å². The van der Waals surface area contributed by atoms with Gasteiger partial charge in [-0.2, -0.15) is 0 Å². The molecule has 0 unspecified atom stereocenters. The van der Waals surface area contributed by atoms with E-state index in [1.807, 2.05) is 18.4 Å².